The molecule has 9 nitrogen and oxygen atoms in total. The molecule has 0 atom stereocenters. The van der Waals surface area contributed by atoms with Gasteiger partial charge in [-0.2, -0.15) is 5.10 Å². The van der Waals surface area contributed by atoms with Crippen LogP contribution in [-0.2, 0) is 7.05 Å². The molecule has 0 bridgehead atoms. The Morgan fingerprint density at radius 2 is 2.11 bits per heavy atom. The Kier molecular flexibility index (Phi) is 5.62. The molecule has 3 rings (SSSR count). The molecular formula is C19H25N7O2. The molecule has 0 spiro atoms. The van der Waals surface area contributed by atoms with Crippen LogP contribution in [0.25, 0.3) is 11.0 Å². The first kappa shape index (κ1) is 19.4. The number of pyridine rings is 2. The average Bonchev–Trinajstić information content (AvgIpc) is 2.94. The number of ether oxygens (including phenoxy) is 1. The van der Waals surface area contributed by atoms with Gasteiger partial charge in [0.05, 0.1) is 17.8 Å². The van der Waals surface area contributed by atoms with Crippen LogP contribution in [0.15, 0.2) is 24.4 Å². The maximum Gasteiger partial charge on any atom is 0.337 e. The number of hydrazine groups is 1. The van der Waals surface area contributed by atoms with Crippen LogP contribution in [0.4, 0.5) is 16.3 Å². The zero-order valence-corrected chi connectivity index (χ0v) is 16.7. The highest BCUT2D eigenvalue weighted by molar-refractivity contribution is 5.90. The third-order valence-electron chi connectivity index (χ3n) is 4.20. The molecule has 0 radical (unpaired) electrons. The molecule has 0 saturated heterocycles. The van der Waals surface area contributed by atoms with Crippen molar-refractivity contribution in [1.29, 1.82) is 0 Å². The Balaban J connectivity index is 1.73. The molecule has 0 saturated carbocycles. The van der Waals surface area contributed by atoms with E-state index >= 15 is 0 Å². The number of carbonyl (C=O) groups excluding carboxylic acids is 1. The second-order valence-electron chi connectivity index (χ2n) is 6.68. The Morgan fingerprint density at radius 3 is 2.82 bits per heavy atom. The van der Waals surface area contributed by atoms with E-state index < -0.39 is 6.03 Å². The lowest BCUT2D eigenvalue weighted by Crippen LogP contribution is -2.34. The highest BCUT2D eigenvalue weighted by Gasteiger charge is 2.16. The van der Waals surface area contributed by atoms with Gasteiger partial charge in [0.15, 0.2) is 0 Å². The smallest absolute Gasteiger partial charge is 0.337 e. The van der Waals surface area contributed by atoms with Gasteiger partial charge in [0.2, 0.25) is 5.88 Å². The van der Waals surface area contributed by atoms with Gasteiger partial charge in [-0.25, -0.2) is 14.8 Å². The fourth-order valence-electron chi connectivity index (χ4n) is 2.97. The number of amides is 2. The molecule has 3 heterocycles. The molecule has 0 aliphatic heterocycles. The summed E-state index contributed by atoms with van der Waals surface area (Å²) in [5, 5.41) is 7.18. The van der Waals surface area contributed by atoms with Gasteiger partial charge in [0, 0.05) is 25.0 Å². The summed E-state index contributed by atoms with van der Waals surface area (Å²) in [4.78, 5) is 20.9. The number of nitrogens with one attached hydrogen (secondary N) is 3. The average molecular weight is 383 g/mol. The molecule has 3 N–H and O–H groups in total. The molecule has 2 amide bonds. The molecule has 0 aliphatic rings. The Bertz CT molecular complexity index is 997. The Hall–Kier alpha value is -3.36. The number of urea groups is 1. The van der Waals surface area contributed by atoms with Crippen LogP contribution in [-0.4, -0.2) is 32.4 Å². The second-order valence-corrected chi connectivity index (χ2v) is 6.68. The van der Waals surface area contributed by atoms with E-state index in [2.05, 4.69) is 45.1 Å². The van der Waals surface area contributed by atoms with E-state index in [0.29, 0.717) is 24.0 Å². The van der Waals surface area contributed by atoms with Gasteiger partial charge in [-0.15, -0.1) is 0 Å². The van der Waals surface area contributed by atoms with Crippen LogP contribution in [0, 0.1) is 6.92 Å². The van der Waals surface area contributed by atoms with Crippen molar-refractivity contribution in [3.05, 3.63) is 35.7 Å². The van der Waals surface area contributed by atoms with Gasteiger partial charge in [0.25, 0.3) is 0 Å². The number of hydrogen-bond donors (Lipinski definition) is 3. The van der Waals surface area contributed by atoms with Crippen LogP contribution < -0.4 is 20.9 Å². The summed E-state index contributed by atoms with van der Waals surface area (Å²) in [7, 11) is 1.91. The maximum atomic E-state index is 12.2. The van der Waals surface area contributed by atoms with Crippen molar-refractivity contribution in [2.75, 3.05) is 17.3 Å². The lowest BCUT2D eigenvalue weighted by molar-refractivity contribution is 0.254. The van der Waals surface area contributed by atoms with Crippen LogP contribution in [0.3, 0.4) is 0 Å². The molecule has 148 valence electrons. The summed E-state index contributed by atoms with van der Waals surface area (Å²) in [5.41, 5.74) is 9.81. The molecule has 3 aromatic heterocycles. The van der Waals surface area contributed by atoms with Gasteiger partial charge in [-0.3, -0.25) is 15.5 Å². The van der Waals surface area contributed by atoms with E-state index in [1.54, 1.807) is 18.3 Å². The fraction of sp³-hybridized carbons (Fsp3) is 0.368. The lowest BCUT2D eigenvalue weighted by atomic mass is 10.0. The zero-order chi connectivity index (χ0) is 20.3. The van der Waals surface area contributed by atoms with Crippen molar-refractivity contribution >= 4 is 28.6 Å². The lowest BCUT2D eigenvalue weighted by Gasteiger charge is -2.13. The minimum absolute atomic E-state index is 0.281. The topological polar surface area (TPSA) is 106 Å². The van der Waals surface area contributed by atoms with Gasteiger partial charge in [-0.05, 0) is 37.5 Å². The number of fused-ring (bicyclic) bond motifs is 1. The third-order valence-corrected chi connectivity index (χ3v) is 4.20. The van der Waals surface area contributed by atoms with E-state index in [9.17, 15) is 4.79 Å². The predicted molar refractivity (Wildman–Crippen MR) is 109 cm³/mol. The number of aryl methyl sites for hydroxylation is 2. The van der Waals surface area contributed by atoms with Crippen molar-refractivity contribution in [2.24, 2.45) is 7.05 Å². The molecule has 9 heteroatoms. The number of hydrogen-bond acceptors (Lipinski definition) is 6. The Labute approximate surface area is 163 Å². The fourth-order valence-corrected chi connectivity index (χ4v) is 2.97. The summed E-state index contributed by atoms with van der Waals surface area (Å²) >= 11 is 0. The van der Waals surface area contributed by atoms with Crippen LogP contribution >= 0.6 is 0 Å². The standard InChI is InChI=1S/C19H25N7O2/c1-6-28-16-9-13(7-8-20-16)21-19(27)24-23-15-10-14(11(2)3)18-17(22-15)12(4)25-26(18)5/h7-11H,6H2,1-5H3,(H,22,23)(H2,20,21,24,27). The van der Waals surface area contributed by atoms with Crippen LogP contribution in [0.2, 0.25) is 0 Å². The molecule has 0 unspecified atom stereocenters. The first-order valence-electron chi connectivity index (χ1n) is 9.15. The van der Waals surface area contributed by atoms with E-state index in [4.69, 9.17) is 4.74 Å². The molecular weight excluding hydrogens is 358 g/mol. The number of rotatable bonds is 6. The monoisotopic (exact) mass is 383 g/mol. The highest BCUT2D eigenvalue weighted by Crippen LogP contribution is 2.28. The first-order valence-corrected chi connectivity index (χ1v) is 9.15. The van der Waals surface area contributed by atoms with Crippen LogP contribution in [0.1, 0.15) is 37.9 Å². The minimum Gasteiger partial charge on any atom is -0.478 e. The van der Waals surface area contributed by atoms with Gasteiger partial charge >= 0.3 is 6.03 Å². The zero-order valence-electron chi connectivity index (χ0n) is 16.7. The number of aromatic nitrogens is 4. The summed E-state index contributed by atoms with van der Waals surface area (Å²) in [6.45, 7) is 8.52. The largest absolute Gasteiger partial charge is 0.478 e. The second kappa shape index (κ2) is 8.12. The minimum atomic E-state index is -0.426. The first-order chi connectivity index (χ1) is 13.4. The Morgan fingerprint density at radius 1 is 1.32 bits per heavy atom. The molecule has 0 aromatic carbocycles. The normalized spacial score (nSPS) is 10.9. The van der Waals surface area contributed by atoms with E-state index in [-0.39, 0.29) is 5.92 Å². The van der Waals surface area contributed by atoms with Crippen LogP contribution in [0.5, 0.6) is 5.88 Å². The molecule has 0 fully saturated rings. The predicted octanol–water partition coefficient (Wildman–Crippen LogP) is 3.34. The van der Waals surface area contributed by atoms with Crippen molar-refractivity contribution < 1.29 is 9.53 Å². The summed E-state index contributed by atoms with van der Waals surface area (Å²) in [6, 6.07) is 4.84. The van der Waals surface area contributed by atoms with Crippen molar-refractivity contribution in [3.63, 3.8) is 0 Å². The van der Waals surface area contributed by atoms with Gasteiger partial charge < -0.3 is 10.1 Å². The third kappa shape index (κ3) is 4.13. The molecule has 28 heavy (non-hydrogen) atoms. The van der Waals surface area contributed by atoms with E-state index in [0.717, 1.165) is 22.3 Å². The molecule has 0 aliphatic carbocycles. The number of carbonyl (C=O) groups is 1. The van der Waals surface area contributed by atoms with E-state index in [1.807, 2.05) is 31.6 Å². The van der Waals surface area contributed by atoms with Gasteiger partial charge in [0.1, 0.15) is 11.3 Å². The highest BCUT2D eigenvalue weighted by atomic mass is 16.5. The molecule has 3 aromatic rings. The summed E-state index contributed by atoms with van der Waals surface area (Å²) < 4.78 is 7.17. The van der Waals surface area contributed by atoms with Crippen molar-refractivity contribution in [2.45, 2.75) is 33.6 Å². The quantitative estimate of drug-likeness (QED) is 0.564. The number of nitrogens with zero attached hydrogens (tertiary/aromatic N) is 4. The van der Waals surface area contributed by atoms with Crippen molar-refractivity contribution in [3.8, 4) is 5.88 Å². The SMILES string of the molecule is CCOc1cc(NC(=O)NNc2cc(C(C)C)c3c(n2)c(C)nn3C)ccn1. The summed E-state index contributed by atoms with van der Waals surface area (Å²) in [5.74, 6) is 1.28. The summed E-state index contributed by atoms with van der Waals surface area (Å²) in [6.07, 6.45) is 1.57. The van der Waals surface area contributed by atoms with Crippen molar-refractivity contribution in [1.82, 2.24) is 25.2 Å². The van der Waals surface area contributed by atoms with Gasteiger partial charge in [-0.1, -0.05) is 13.8 Å². The maximum absolute atomic E-state index is 12.2. The number of anilines is 2. The van der Waals surface area contributed by atoms with E-state index in [1.165, 1.54) is 0 Å².